The number of anilines is 1. The molecule has 3 N–H and O–H groups in total. The fraction of sp³-hybridized carbons (Fsp3) is 0.667. The number of halogens is 1. The van der Waals surface area contributed by atoms with E-state index in [1.807, 2.05) is 19.1 Å². The number of unbranched alkanes of at least 4 members (excludes halogenated alkanes) is 3. The van der Waals surface area contributed by atoms with E-state index in [1.54, 1.807) is 28.8 Å². The Morgan fingerprint density at radius 2 is 1.92 bits per heavy atom. The number of benzene rings is 1. The molecule has 0 radical (unpaired) electrons. The number of nitrogens with zero attached hydrogens (tertiary/aromatic N) is 1. The number of alkyl halides is 1. The third-order valence-electron chi connectivity index (χ3n) is 7.66. The minimum atomic E-state index is -0.635. The zero-order valence-corrected chi connectivity index (χ0v) is 24.0. The van der Waals surface area contributed by atoms with Crippen LogP contribution in [0.3, 0.4) is 0 Å². The molecule has 3 unspecified atom stereocenters. The van der Waals surface area contributed by atoms with Crippen molar-refractivity contribution in [2.45, 2.75) is 73.2 Å². The summed E-state index contributed by atoms with van der Waals surface area (Å²) in [5, 5.41) is 15.2. The van der Waals surface area contributed by atoms with Crippen LogP contribution in [0.15, 0.2) is 24.3 Å². The first-order valence-corrected chi connectivity index (χ1v) is 15.2. The number of hydrogen-bond acceptors (Lipinski definition) is 6. The molecule has 3 amide bonds. The van der Waals surface area contributed by atoms with Gasteiger partial charge in [0.2, 0.25) is 17.7 Å². The fourth-order valence-corrected chi connectivity index (χ4v) is 9.67. The largest absolute Gasteiger partial charge is 0.494 e. The van der Waals surface area contributed by atoms with Crippen molar-refractivity contribution in [2.75, 3.05) is 31.6 Å². The summed E-state index contributed by atoms with van der Waals surface area (Å²) in [4.78, 5) is 42.9. The number of rotatable bonds is 13. The number of amides is 3. The van der Waals surface area contributed by atoms with Crippen molar-refractivity contribution in [3.8, 4) is 5.75 Å². The SMILES string of the molecule is CCCCNC(=O)C1N(CCCCCO)C(=O)[C@@H]2[C@@H](C(=O)Nc3ccc(OCC)cc3)[C@@H]3SC12CC3Br. The van der Waals surface area contributed by atoms with Gasteiger partial charge in [-0.05, 0) is 63.3 Å². The molecule has 1 spiro atoms. The molecule has 10 heteroatoms. The van der Waals surface area contributed by atoms with Crippen LogP contribution in [0.5, 0.6) is 5.75 Å². The van der Waals surface area contributed by atoms with Crippen LogP contribution >= 0.6 is 27.7 Å². The molecule has 6 atom stereocenters. The normalized spacial score (nSPS) is 29.9. The van der Waals surface area contributed by atoms with E-state index in [0.717, 1.165) is 25.0 Å². The highest BCUT2D eigenvalue weighted by Crippen LogP contribution is 2.67. The van der Waals surface area contributed by atoms with Gasteiger partial charge in [0.25, 0.3) is 0 Å². The van der Waals surface area contributed by atoms with Gasteiger partial charge in [-0.1, -0.05) is 29.3 Å². The standard InChI is InChI=1S/C27H38BrN3O5S/c1-3-5-13-29-25(34)23-27-16-19(28)22(37-27)20(21(27)26(35)31(23)14-7-6-8-15-32)24(33)30-17-9-11-18(12-10-17)36-4-2/h9-12,19-23,32H,3-8,13-16H2,1-2H3,(H,29,34)(H,30,33)/t19?,20-,21+,22-,23?,27?/m1/s1. The Bertz CT molecular complexity index is 979. The number of fused-ring (bicyclic) bond motifs is 1. The third-order valence-corrected chi connectivity index (χ3v) is 10.9. The number of carbonyl (C=O) groups is 3. The molecule has 3 aliphatic heterocycles. The summed E-state index contributed by atoms with van der Waals surface area (Å²) < 4.78 is 4.86. The second-order valence-corrected chi connectivity index (χ2v) is 12.8. The van der Waals surface area contributed by atoms with Crippen LogP contribution in [0.4, 0.5) is 5.69 Å². The first kappa shape index (κ1) is 28.2. The van der Waals surface area contributed by atoms with Crippen LogP contribution < -0.4 is 15.4 Å². The lowest BCUT2D eigenvalue weighted by atomic mass is 9.70. The number of thioether (sulfide) groups is 1. The molecule has 3 heterocycles. The number of likely N-dealkylation sites (tertiary alicyclic amines) is 1. The van der Waals surface area contributed by atoms with E-state index in [2.05, 4.69) is 33.5 Å². The Balaban J connectivity index is 1.58. The molecule has 0 aliphatic carbocycles. The van der Waals surface area contributed by atoms with Crippen LogP contribution in [0, 0.1) is 11.8 Å². The van der Waals surface area contributed by atoms with Gasteiger partial charge in [0.1, 0.15) is 11.8 Å². The summed E-state index contributed by atoms with van der Waals surface area (Å²) in [5.74, 6) is -0.740. The molecule has 37 heavy (non-hydrogen) atoms. The average Bonchev–Trinajstić information content (AvgIpc) is 3.47. The van der Waals surface area contributed by atoms with E-state index in [4.69, 9.17) is 4.74 Å². The van der Waals surface area contributed by atoms with Crippen molar-refractivity contribution in [1.82, 2.24) is 10.2 Å². The van der Waals surface area contributed by atoms with Gasteiger partial charge in [0.15, 0.2) is 0 Å². The van der Waals surface area contributed by atoms with Gasteiger partial charge in [-0.15, -0.1) is 11.8 Å². The molecule has 1 aromatic carbocycles. The Morgan fingerprint density at radius 3 is 2.59 bits per heavy atom. The second kappa shape index (κ2) is 12.4. The summed E-state index contributed by atoms with van der Waals surface area (Å²) in [7, 11) is 0. The molecular formula is C27H38BrN3O5S. The van der Waals surface area contributed by atoms with E-state index in [-0.39, 0.29) is 34.4 Å². The van der Waals surface area contributed by atoms with Gasteiger partial charge < -0.3 is 25.4 Å². The molecule has 3 saturated heterocycles. The monoisotopic (exact) mass is 595 g/mol. The summed E-state index contributed by atoms with van der Waals surface area (Å²) in [6, 6.07) is 6.63. The van der Waals surface area contributed by atoms with Crippen molar-refractivity contribution >= 4 is 51.1 Å². The molecule has 1 aromatic rings. The smallest absolute Gasteiger partial charge is 0.244 e. The molecule has 204 valence electrons. The molecule has 0 aromatic heterocycles. The predicted molar refractivity (Wildman–Crippen MR) is 149 cm³/mol. The number of carbonyl (C=O) groups excluding carboxylic acids is 3. The Hall–Kier alpha value is -1.78. The molecular weight excluding hydrogens is 558 g/mol. The van der Waals surface area contributed by atoms with Crippen molar-refractivity contribution in [3.05, 3.63) is 24.3 Å². The Kier molecular flexibility index (Phi) is 9.45. The third kappa shape index (κ3) is 5.52. The lowest BCUT2D eigenvalue weighted by molar-refractivity contribution is -0.139. The number of aliphatic hydroxyl groups is 1. The molecule has 8 nitrogen and oxygen atoms in total. The first-order chi connectivity index (χ1) is 17.9. The summed E-state index contributed by atoms with van der Waals surface area (Å²) in [6.07, 6.45) is 4.67. The van der Waals surface area contributed by atoms with Crippen molar-refractivity contribution in [1.29, 1.82) is 0 Å². The van der Waals surface area contributed by atoms with Gasteiger partial charge in [-0.25, -0.2) is 0 Å². The summed E-state index contributed by atoms with van der Waals surface area (Å²) >= 11 is 5.44. The maximum absolute atomic E-state index is 13.9. The molecule has 0 saturated carbocycles. The lowest BCUT2D eigenvalue weighted by Crippen LogP contribution is -2.54. The number of hydrogen-bond donors (Lipinski definition) is 3. The van der Waals surface area contributed by atoms with Crippen LogP contribution in [0.2, 0.25) is 0 Å². The Morgan fingerprint density at radius 1 is 1.16 bits per heavy atom. The predicted octanol–water partition coefficient (Wildman–Crippen LogP) is 3.57. The minimum absolute atomic E-state index is 0.0397. The molecule has 3 fully saturated rings. The van der Waals surface area contributed by atoms with Crippen LogP contribution in [0.1, 0.15) is 52.4 Å². The molecule has 2 bridgehead atoms. The zero-order chi connectivity index (χ0) is 26.6. The van der Waals surface area contributed by atoms with Gasteiger partial charge in [0, 0.05) is 35.5 Å². The van der Waals surface area contributed by atoms with Gasteiger partial charge >= 0.3 is 0 Å². The topological polar surface area (TPSA) is 108 Å². The van der Waals surface area contributed by atoms with Crippen LogP contribution in [-0.4, -0.2) is 74.9 Å². The number of nitrogens with one attached hydrogen (secondary N) is 2. The van der Waals surface area contributed by atoms with Crippen molar-refractivity contribution in [2.24, 2.45) is 11.8 Å². The van der Waals surface area contributed by atoms with E-state index in [9.17, 15) is 19.5 Å². The summed E-state index contributed by atoms with van der Waals surface area (Å²) in [6.45, 7) is 5.69. The van der Waals surface area contributed by atoms with E-state index in [1.165, 1.54) is 0 Å². The van der Waals surface area contributed by atoms with Gasteiger partial charge in [-0.2, -0.15) is 0 Å². The van der Waals surface area contributed by atoms with E-state index in [0.29, 0.717) is 44.6 Å². The van der Waals surface area contributed by atoms with E-state index >= 15 is 0 Å². The van der Waals surface area contributed by atoms with E-state index < -0.39 is 22.6 Å². The average molecular weight is 597 g/mol. The highest BCUT2D eigenvalue weighted by molar-refractivity contribution is 9.09. The maximum Gasteiger partial charge on any atom is 0.244 e. The highest BCUT2D eigenvalue weighted by Gasteiger charge is 2.75. The van der Waals surface area contributed by atoms with Gasteiger partial charge in [-0.3, -0.25) is 14.4 Å². The molecule has 4 rings (SSSR count). The van der Waals surface area contributed by atoms with Crippen molar-refractivity contribution < 1.29 is 24.2 Å². The lowest BCUT2D eigenvalue weighted by Gasteiger charge is -2.35. The fourth-order valence-electron chi connectivity index (χ4n) is 6.05. The quantitative estimate of drug-likeness (QED) is 0.238. The number of aliphatic hydroxyl groups excluding tert-OH is 1. The van der Waals surface area contributed by atoms with Crippen molar-refractivity contribution in [3.63, 3.8) is 0 Å². The zero-order valence-electron chi connectivity index (χ0n) is 21.6. The maximum atomic E-state index is 13.9. The number of ether oxygens (including phenoxy) is 1. The minimum Gasteiger partial charge on any atom is -0.494 e. The Labute approximate surface area is 231 Å². The summed E-state index contributed by atoms with van der Waals surface area (Å²) in [5.41, 5.74) is 0.654. The second-order valence-electron chi connectivity index (χ2n) is 10.1. The first-order valence-electron chi connectivity index (χ1n) is 13.4. The van der Waals surface area contributed by atoms with Crippen LogP contribution in [0.25, 0.3) is 0 Å². The van der Waals surface area contributed by atoms with Gasteiger partial charge in [0.05, 0.1) is 23.2 Å². The highest BCUT2D eigenvalue weighted by atomic mass is 79.9. The molecule has 3 aliphatic rings. The van der Waals surface area contributed by atoms with Crippen LogP contribution in [-0.2, 0) is 14.4 Å².